The lowest BCUT2D eigenvalue weighted by Crippen LogP contribution is -2.28. The van der Waals surface area contributed by atoms with Gasteiger partial charge in [-0.2, -0.15) is 0 Å². The van der Waals surface area contributed by atoms with Crippen LogP contribution in [0.1, 0.15) is 30.9 Å². The van der Waals surface area contributed by atoms with Gasteiger partial charge in [-0.05, 0) is 54.7 Å². The highest BCUT2D eigenvalue weighted by molar-refractivity contribution is 6.01. The van der Waals surface area contributed by atoms with E-state index in [0.29, 0.717) is 11.6 Å². The van der Waals surface area contributed by atoms with Gasteiger partial charge in [-0.1, -0.05) is 13.0 Å². The van der Waals surface area contributed by atoms with Crippen LogP contribution in [0.5, 0.6) is 11.5 Å². The third kappa shape index (κ3) is 2.42. The normalized spacial score (nSPS) is 16.9. The maximum absolute atomic E-state index is 12.8. The van der Waals surface area contributed by atoms with Crippen molar-refractivity contribution in [3.63, 3.8) is 0 Å². The topological polar surface area (TPSA) is 60.5 Å². The Balaban J connectivity index is 1.57. The predicted molar refractivity (Wildman–Crippen MR) is 85.7 cm³/mol. The first-order valence-corrected chi connectivity index (χ1v) is 7.88. The van der Waals surface area contributed by atoms with Crippen molar-refractivity contribution in [1.82, 2.24) is 4.98 Å². The summed E-state index contributed by atoms with van der Waals surface area (Å²) in [5, 5.41) is 2.96. The van der Waals surface area contributed by atoms with Crippen LogP contribution < -0.4 is 14.8 Å². The molecule has 1 saturated carbocycles. The summed E-state index contributed by atoms with van der Waals surface area (Å²) in [5.41, 5.74) is 1.67. The minimum Gasteiger partial charge on any atom is -0.454 e. The van der Waals surface area contributed by atoms with Gasteiger partial charge in [0.05, 0.1) is 5.41 Å². The average Bonchev–Trinajstić information content (AvgIpc) is 3.26. The number of nitrogens with zero attached hydrogens (tertiary/aromatic N) is 1. The smallest absolute Gasteiger partial charge is 0.236 e. The zero-order chi connectivity index (χ0) is 15.9. The number of hydrogen-bond acceptors (Lipinski definition) is 4. The van der Waals surface area contributed by atoms with E-state index < -0.39 is 5.41 Å². The van der Waals surface area contributed by atoms with Crippen LogP contribution in [0.2, 0.25) is 0 Å². The molecule has 1 aromatic heterocycles. The fourth-order valence-electron chi connectivity index (χ4n) is 2.96. The number of ether oxygens (including phenoxy) is 2. The van der Waals surface area contributed by atoms with Crippen molar-refractivity contribution in [3.05, 3.63) is 47.7 Å². The number of pyridine rings is 1. The Hall–Kier alpha value is -2.56. The molecule has 0 unspecified atom stereocenters. The number of carbonyl (C=O) groups is 1. The first-order chi connectivity index (χ1) is 11.2. The van der Waals surface area contributed by atoms with E-state index in [4.69, 9.17) is 9.47 Å². The Morgan fingerprint density at radius 3 is 2.83 bits per heavy atom. The third-order valence-electron chi connectivity index (χ3n) is 4.58. The molecule has 1 aliphatic carbocycles. The van der Waals surface area contributed by atoms with Crippen molar-refractivity contribution in [1.29, 1.82) is 0 Å². The van der Waals surface area contributed by atoms with Gasteiger partial charge in [0, 0.05) is 6.20 Å². The molecule has 0 spiro atoms. The summed E-state index contributed by atoms with van der Waals surface area (Å²) in [6, 6.07) is 9.63. The van der Waals surface area contributed by atoms with E-state index in [1.165, 1.54) is 0 Å². The number of hydrogen-bond donors (Lipinski definition) is 1. The van der Waals surface area contributed by atoms with Gasteiger partial charge in [0.15, 0.2) is 11.5 Å². The number of fused-ring (bicyclic) bond motifs is 1. The number of aryl methyl sites for hydroxylation is 1. The standard InChI is InChI=1S/C18H18N2O3/c1-2-12-5-8-19-16(9-12)20-17(21)18(6-7-18)13-3-4-14-15(10-13)23-11-22-14/h3-5,8-10H,2,6-7,11H2,1H3,(H,19,20,21). The van der Waals surface area contributed by atoms with Crippen molar-refractivity contribution >= 4 is 11.7 Å². The van der Waals surface area contributed by atoms with Gasteiger partial charge in [0.2, 0.25) is 12.7 Å². The lowest BCUT2D eigenvalue weighted by Gasteiger charge is -2.16. The van der Waals surface area contributed by atoms with E-state index in [2.05, 4.69) is 17.2 Å². The monoisotopic (exact) mass is 310 g/mol. The number of aromatic nitrogens is 1. The molecule has 0 saturated heterocycles. The number of amides is 1. The van der Waals surface area contributed by atoms with Crippen LogP contribution in [0.25, 0.3) is 0 Å². The first kappa shape index (κ1) is 14.1. The summed E-state index contributed by atoms with van der Waals surface area (Å²) in [7, 11) is 0. The average molecular weight is 310 g/mol. The van der Waals surface area contributed by atoms with Crippen LogP contribution >= 0.6 is 0 Å². The molecule has 118 valence electrons. The van der Waals surface area contributed by atoms with E-state index in [9.17, 15) is 4.79 Å². The zero-order valence-corrected chi connectivity index (χ0v) is 13.0. The maximum atomic E-state index is 12.8. The van der Waals surface area contributed by atoms with Gasteiger partial charge in [-0.3, -0.25) is 4.79 Å². The minimum atomic E-state index is -0.467. The zero-order valence-electron chi connectivity index (χ0n) is 13.0. The minimum absolute atomic E-state index is 0.00267. The van der Waals surface area contributed by atoms with Crippen molar-refractivity contribution in [2.24, 2.45) is 0 Å². The molecule has 2 heterocycles. The van der Waals surface area contributed by atoms with Crippen LogP contribution in [0.15, 0.2) is 36.5 Å². The number of nitrogens with one attached hydrogen (secondary N) is 1. The Morgan fingerprint density at radius 2 is 2.04 bits per heavy atom. The van der Waals surface area contributed by atoms with Gasteiger partial charge in [0.25, 0.3) is 0 Å². The number of benzene rings is 1. The molecular formula is C18H18N2O3. The summed E-state index contributed by atoms with van der Waals surface area (Å²) in [4.78, 5) is 17.0. The molecule has 1 amide bonds. The van der Waals surface area contributed by atoms with Crippen LogP contribution in [0.4, 0.5) is 5.82 Å². The molecule has 2 aromatic rings. The molecule has 4 rings (SSSR count). The molecule has 1 aromatic carbocycles. The molecule has 23 heavy (non-hydrogen) atoms. The summed E-state index contributed by atoms with van der Waals surface area (Å²) in [6.45, 7) is 2.32. The van der Waals surface area contributed by atoms with Crippen molar-refractivity contribution in [2.45, 2.75) is 31.6 Å². The second kappa shape index (κ2) is 5.26. The highest BCUT2D eigenvalue weighted by atomic mass is 16.7. The van der Waals surface area contributed by atoms with E-state index >= 15 is 0 Å². The largest absolute Gasteiger partial charge is 0.454 e. The molecule has 5 heteroatoms. The number of rotatable bonds is 4. The van der Waals surface area contributed by atoms with Crippen molar-refractivity contribution in [2.75, 3.05) is 12.1 Å². The summed E-state index contributed by atoms with van der Waals surface area (Å²) in [6.07, 6.45) is 4.32. The highest BCUT2D eigenvalue weighted by Crippen LogP contribution is 2.51. The number of carbonyl (C=O) groups excluding carboxylic acids is 1. The van der Waals surface area contributed by atoms with E-state index in [0.717, 1.165) is 36.1 Å². The fourth-order valence-corrected chi connectivity index (χ4v) is 2.96. The van der Waals surface area contributed by atoms with Crippen LogP contribution in [-0.4, -0.2) is 17.7 Å². The van der Waals surface area contributed by atoms with Gasteiger partial charge >= 0.3 is 0 Å². The molecular weight excluding hydrogens is 292 g/mol. The van der Waals surface area contributed by atoms with Crippen LogP contribution in [0.3, 0.4) is 0 Å². The highest BCUT2D eigenvalue weighted by Gasteiger charge is 2.51. The van der Waals surface area contributed by atoms with Crippen LogP contribution in [-0.2, 0) is 16.6 Å². The quantitative estimate of drug-likeness (QED) is 0.943. The molecule has 1 N–H and O–H groups in total. The Labute approximate surface area is 134 Å². The van der Waals surface area contributed by atoms with Crippen LogP contribution in [0, 0.1) is 0 Å². The van der Waals surface area contributed by atoms with E-state index in [1.54, 1.807) is 6.20 Å². The lowest BCUT2D eigenvalue weighted by atomic mass is 9.94. The third-order valence-corrected chi connectivity index (χ3v) is 4.58. The molecule has 1 aliphatic heterocycles. The maximum Gasteiger partial charge on any atom is 0.236 e. The SMILES string of the molecule is CCc1ccnc(NC(=O)C2(c3ccc4c(c3)OCO4)CC2)c1. The van der Waals surface area contributed by atoms with Crippen molar-refractivity contribution in [3.8, 4) is 11.5 Å². The second-order valence-corrected chi connectivity index (χ2v) is 6.01. The molecule has 5 nitrogen and oxygen atoms in total. The first-order valence-electron chi connectivity index (χ1n) is 7.88. The molecule has 0 bridgehead atoms. The molecule has 0 atom stereocenters. The Kier molecular flexibility index (Phi) is 3.22. The molecule has 0 radical (unpaired) electrons. The van der Waals surface area contributed by atoms with Gasteiger partial charge < -0.3 is 14.8 Å². The Morgan fingerprint density at radius 1 is 1.22 bits per heavy atom. The van der Waals surface area contributed by atoms with Gasteiger partial charge in [-0.15, -0.1) is 0 Å². The summed E-state index contributed by atoms with van der Waals surface area (Å²) >= 11 is 0. The van der Waals surface area contributed by atoms with E-state index in [-0.39, 0.29) is 12.7 Å². The van der Waals surface area contributed by atoms with E-state index in [1.807, 2.05) is 30.3 Å². The number of anilines is 1. The molecule has 2 aliphatic rings. The summed E-state index contributed by atoms with van der Waals surface area (Å²) < 4.78 is 10.8. The fraction of sp³-hybridized carbons (Fsp3) is 0.333. The predicted octanol–water partition coefficient (Wildman–Crippen LogP) is 3.04. The Bertz CT molecular complexity index is 769. The van der Waals surface area contributed by atoms with Crippen molar-refractivity contribution < 1.29 is 14.3 Å². The summed E-state index contributed by atoms with van der Waals surface area (Å²) in [5.74, 6) is 2.06. The van der Waals surface area contributed by atoms with Gasteiger partial charge in [0.1, 0.15) is 5.82 Å². The second-order valence-electron chi connectivity index (χ2n) is 6.01. The molecule has 1 fully saturated rings. The lowest BCUT2D eigenvalue weighted by molar-refractivity contribution is -0.118. The van der Waals surface area contributed by atoms with Gasteiger partial charge in [-0.25, -0.2) is 4.98 Å².